The molecule has 1 atom stereocenters. The highest BCUT2D eigenvalue weighted by Crippen LogP contribution is 2.24. The lowest BCUT2D eigenvalue weighted by Gasteiger charge is -2.17. The van der Waals surface area contributed by atoms with E-state index in [9.17, 15) is 9.59 Å². The highest BCUT2D eigenvalue weighted by molar-refractivity contribution is 6.02. The highest BCUT2D eigenvalue weighted by Gasteiger charge is 2.33. The maximum absolute atomic E-state index is 12.5. The summed E-state index contributed by atoms with van der Waals surface area (Å²) in [4.78, 5) is 26.5. The second kappa shape index (κ2) is 7.70. The number of amides is 3. The number of carbonyl (C=O) groups is 2. The molecular weight excluding hydrogens is 318 g/mol. The molecule has 0 saturated carbocycles. The number of hydrogen-bond donors (Lipinski definition) is 2. The molecule has 1 fully saturated rings. The lowest BCUT2D eigenvalue weighted by atomic mass is 10.2. The standard InChI is InChI=1S/C19H21N3O3/c1-2-25-17-11-7-6-10-15(17)20-19(24)21-16-12-13-22(18(16)23)14-8-4-3-5-9-14/h3-11,16H,2,12-13H2,1H3,(H2,20,21,24)/t16-/m1/s1. The van der Waals surface area contributed by atoms with Gasteiger partial charge in [-0.25, -0.2) is 4.79 Å². The lowest BCUT2D eigenvalue weighted by molar-refractivity contribution is -0.118. The number of benzene rings is 2. The summed E-state index contributed by atoms with van der Waals surface area (Å²) in [6.07, 6.45) is 0.578. The Kier molecular flexibility index (Phi) is 5.18. The molecule has 0 unspecified atom stereocenters. The zero-order valence-corrected chi connectivity index (χ0v) is 14.1. The van der Waals surface area contributed by atoms with Crippen molar-refractivity contribution in [2.24, 2.45) is 0 Å². The first-order valence-electron chi connectivity index (χ1n) is 8.35. The van der Waals surface area contributed by atoms with Crippen molar-refractivity contribution in [3.05, 3.63) is 54.6 Å². The van der Waals surface area contributed by atoms with Gasteiger partial charge in [0.1, 0.15) is 11.8 Å². The summed E-state index contributed by atoms with van der Waals surface area (Å²) in [6, 6.07) is 15.7. The van der Waals surface area contributed by atoms with E-state index in [-0.39, 0.29) is 5.91 Å². The van der Waals surface area contributed by atoms with Crippen LogP contribution < -0.4 is 20.3 Å². The molecule has 130 valence electrons. The van der Waals surface area contributed by atoms with Crippen LogP contribution in [-0.4, -0.2) is 31.1 Å². The molecule has 3 amide bonds. The molecule has 0 radical (unpaired) electrons. The molecule has 1 aliphatic heterocycles. The van der Waals surface area contributed by atoms with Crippen molar-refractivity contribution >= 4 is 23.3 Å². The van der Waals surface area contributed by atoms with Gasteiger partial charge in [0, 0.05) is 12.2 Å². The predicted octanol–water partition coefficient (Wildman–Crippen LogP) is 3.01. The molecular formula is C19H21N3O3. The van der Waals surface area contributed by atoms with E-state index < -0.39 is 12.1 Å². The number of nitrogens with zero attached hydrogens (tertiary/aromatic N) is 1. The number of urea groups is 1. The first-order chi connectivity index (χ1) is 12.2. The van der Waals surface area contributed by atoms with Crippen LogP contribution in [0.3, 0.4) is 0 Å². The third-order valence-electron chi connectivity index (χ3n) is 4.01. The minimum Gasteiger partial charge on any atom is -0.492 e. The molecule has 2 aromatic carbocycles. The number of rotatable bonds is 5. The van der Waals surface area contributed by atoms with Gasteiger partial charge in [-0.3, -0.25) is 4.79 Å². The normalized spacial score (nSPS) is 16.6. The monoisotopic (exact) mass is 339 g/mol. The Balaban J connectivity index is 1.62. The molecule has 1 saturated heterocycles. The average Bonchev–Trinajstić information content (AvgIpc) is 2.98. The van der Waals surface area contributed by atoms with E-state index in [0.29, 0.717) is 31.0 Å². The van der Waals surface area contributed by atoms with Crippen molar-refractivity contribution < 1.29 is 14.3 Å². The maximum atomic E-state index is 12.5. The summed E-state index contributed by atoms with van der Waals surface area (Å²) in [7, 11) is 0. The smallest absolute Gasteiger partial charge is 0.319 e. The predicted molar refractivity (Wildman–Crippen MR) is 97.0 cm³/mol. The van der Waals surface area contributed by atoms with Crippen molar-refractivity contribution in [3.8, 4) is 5.75 Å². The van der Waals surface area contributed by atoms with Crippen molar-refractivity contribution in [2.45, 2.75) is 19.4 Å². The van der Waals surface area contributed by atoms with E-state index in [1.807, 2.05) is 49.4 Å². The SMILES string of the molecule is CCOc1ccccc1NC(=O)N[C@@H]1CCN(c2ccccc2)C1=O. The Hall–Kier alpha value is -3.02. The van der Waals surface area contributed by atoms with Gasteiger partial charge in [0.05, 0.1) is 12.3 Å². The second-order valence-electron chi connectivity index (χ2n) is 5.69. The van der Waals surface area contributed by atoms with Crippen LogP contribution in [-0.2, 0) is 4.79 Å². The number of carbonyl (C=O) groups excluding carboxylic acids is 2. The van der Waals surface area contributed by atoms with Crippen LogP contribution in [0.2, 0.25) is 0 Å². The Morgan fingerprint density at radius 1 is 1.16 bits per heavy atom. The number of para-hydroxylation sites is 3. The van der Waals surface area contributed by atoms with Gasteiger partial charge in [-0.15, -0.1) is 0 Å². The van der Waals surface area contributed by atoms with Crippen LogP contribution in [0.15, 0.2) is 54.6 Å². The van der Waals surface area contributed by atoms with Crippen LogP contribution in [0.4, 0.5) is 16.2 Å². The van der Waals surface area contributed by atoms with Crippen LogP contribution in [0.5, 0.6) is 5.75 Å². The molecule has 0 bridgehead atoms. The largest absolute Gasteiger partial charge is 0.492 e. The Morgan fingerprint density at radius 2 is 1.88 bits per heavy atom. The quantitative estimate of drug-likeness (QED) is 0.880. The Labute approximate surface area is 146 Å². The van der Waals surface area contributed by atoms with Crippen molar-refractivity contribution in [1.82, 2.24) is 5.32 Å². The van der Waals surface area contributed by atoms with Crippen LogP contribution in [0.25, 0.3) is 0 Å². The van der Waals surface area contributed by atoms with E-state index in [1.165, 1.54) is 0 Å². The van der Waals surface area contributed by atoms with Gasteiger partial charge >= 0.3 is 6.03 Å². The third kappa shape index (κ3) is 3.91. The summed E-state index contributed by atoms with van der Waals surface area (Å²) in [5, 5.41) is 5.50. The number of hydrogen-bond acceptors (Lipinski definition) is 3. The van der Waals surface area contributed by atoms with Gasteiger partial charge in [-0.2, -0.15) is 0 Å². The van der Waals surface area contributed by atoms with Crippen molar-refractivity contribution in [2.75, 3.05) is 23.4 Å². The van der Waals surface area contributed by atoms with Gasteiger partial charge in [0.15, 0.2) is 0 Å². The van der Waals surface area contributed by atoms with Crippen LogP contribution in [0, 0.1) is 0 Å². The molecule has 25 heavy (non-hydrogen) atoms. The van der Waals surface area contributed by atoms with Crippen LogP contribution in [0.1, 0.15) is 13.3 Å². The summed E-state index contributed by atoms with van der Waals surface area (Å²) in [5.41, 5.74) is 1.42. The third-order valence-corrected chi connectivity index (χ3v) is 4.01. The van der Waals surface area contributed by atoms with Crippen molar-refractivity contribution in [1.29, 1.82) is 0 Å². The minimum absolute atomic E-state index is 0.0977. The van der Waals surface area contributed by atoms with E-state index in [2.05, 4.69) is 10.6 Å². The molecule has 3 rings (SSSR count). The molecule has 0 spiro atoms. The molecule has 0 aliphatic carbocycles. The summed E-state index contributed by atoms with van der Waals surface area (Å²) < 4.78 is 5.49. The summed E-state index contributed by atoms with van der Waals surface area (Å²) >= 11 is 0. The average molecular weight is 339 g/mol. The fourth-order valence-electron chi connectivity index (χ4n) is 2.85. The number of anilines is 2. The minimum atomic E-state index is -0.528. The topological polar surface area (TPSA) is 70.7 Å². The number of nitrogens with one attached hydrogen (secondary N) is 2. The number of ether oxygens (including phenoxy) is 1. The molecule has 1 aliphatic rings. The van der Waals surface area contributed by atoms with Crippen LogP contribution >= 0.6 is 0 Å². The molecule has 2 aromatic rings. The van der Waals surface area contributed by atoms with E-state index in [0.717, 1.165) is 5.69 Å². The second-order valence-corrected chi connectivity index (χ2v) is 5.69. The summed E-state index contributed by atoms with van der Waals surface area (Å²) in [5.74, 6) is 0.503. The maximum Gasteiger partial charge on any atom is 0.319 e. The van der Waals surface area contributed by atoms with E-state index in [1.54, 1.807) is 17.0 Å². The molecule has 2 N–H and O–H groups in total. The molecule has 6 heteroatoms. The summed E-state index contributed by atoms with van der Waals surface area (Å²) in [6.45, 7) is 2.98. The Morgan fingerprint density at radius 3 is 2.64 bits per heavy atom. The zero-order valence-electron chi connectivity index (χ0n) is 14.1. The Bertz CT molecular complexity index is 749. The van der Waals surface area contributed by atoms with Gasteiger partial charge in [0.2, 0.25) is 5.91 Å². The van der Waals surface area contributed by atoms with Gasteiger partial charge in [-0.1, -0.05) is 30.3 Å². The van der Waals surface area contributed by atoms with Crippen molar-refractivity contribution in [3.63, 3.8) is 0 Å². The highest BCUT2D eigenvalue weighted by atomic mass is 16.5. The van der Waals surface area contributed by atoms with E-state index in [4.69, 9.17) is 4.74 Å². The zero-order chi connectivity index (χ0) is 17.6. The molecule has 1 heterocycles. The fourth-order valence-corrected chi connectivity index (χ4v) is 2.85. The first-order valence-corrected chi connectivity index (χ1v) is 8.35. The van der Waals surface area contributed by atoms with Gasteiger partial charge in [-0.05, 0) is 37.6 Å². The van der Waals surface area contributed by atoms with Gasteiger partial charge < -0.3 is 20.3 Å². The van der Waals surface area contributed by atoms with Gasteiger partial charge in [0.25, 0.3) is 0 Å². The molecule has 0 aromatic heterocycles. The molecule has 6 nitrogen and oxygen atoms in total. The fraction of sp³-hybridized carbons (Fsp3) is 0.263. The lowest BCUT2D eigenvalue weighted by Crippen LogP contribution is -2.43. The first kappa shape index (κ1) is 16.8. The van der Waals surface area contributed by atoms with E-state index >= 15 is 0 Å².